The van der Waals surface area contributed by atoms with Gasteiger partial charge >= 0.3 is 0 Å². The van der Waals surface area contributed by atoms with Crippen LogP contribution in [0.15, 0.2) is 51.1 Å². The zero-order chi connectivity index (χ0) is 26.4. The molecule has 0 radical (unpaired) electrons. The molecule has 0 bridgehead atoms. The standard InChI is InChI=1S/C25H30N4O5S2/c1-14(2)23(31)27-18-13-17(21-20(22(18)30)25(3,4)24(32)28-21)26-16-7-6-15(12-19(16)36(5,33)34)29-8-10-35-11-9-29/h6-7,12-14H,8-11H2,1-5H3,(H,27,31)(H,28,32). The smallest absolute Gasteiger partial charge is 0.234 e. The van der Waals surface area contributed by atoms with Crippen molar-refractivity contribution in [2.45, 2.75) is 32.6 Å². The largest absolute Gasteiger partial charge is 0.370 e. The lowest BCUT2D eigenvalue weighted by Gasteiger charge is -2.29. The second-order valence-electron chi connectivity index (χ2n) is 9.88. The second kappa shape index (κ2) is 9.51. The number of hydrogen-bond donors (Lipinski definition) is 2. The van der Waals surface area contributed by atoms with Gasteiger partial charge in [0.15, 0.2) is 9.84 Å². The van der Waals surface area contributed by atoms with E-state index in [2.05, 4.69) is 20.5 Å². The molecule has 36 heavy (non-hydrogen) atoms. The minimum atomic E-state index is -3.66. The summed E-state index contributed by atoms with van der Waals surface area (Å²) in [6, 6.07) is 5.09. The maximum Gasteiger partial charge on any atom is 0.234 e. The average Bonchev–Trinajstić information content (AvgIpc) is 3.06. The van der Waals surface area contributed by atoms with Crippen LogP contribution in [0, 0.1) is 11.3 Å². The SMILES string of the molecule is CC(C)C(=O)NC1=CC(=Nc2ccc(N3CCSCC3)cc2S(C)(=O)=O)C2=C(C1=O)C(C)(C)C(=O)N2. The Bertz CT molecular complexity index is 1350. The highest BCUT2D eigenvalue weighted by molar-refractivity contribution is 7.99. The van der Waals surface area contributed by atoms with E-state index >= 15 is 0 Å². The number of benzene rings is 1. The van der Waals surface area contributed by atoms with Gasteiger partial charge in [0.1, 0.15) is 0 Å². The van der Waals surface area contributed by atoms with Crippen LogP contribution in [-0.4, -0.2) is 62.6 Å². The number of amides is 2. The van der Waals surface area contributed by atoms with Crippen molar-refractivity contribution >= 4 is 56.3 Å². The Balaban J connectivity index is 1.86. The molecule has 0 unspecified atom stereocenters. The topological polar surface area (TPSA) is 125 Å². The van der Waals surface area contributed by atoms with Gasteiger partial charge in [-0.25, -0.2) is 13.4 Å². The van der Waals surface area contributed by atoms with Crippen molar-refractivity contribution in [1.82, 2.24) is 10.6 Å². The van der Waals surface area contributed by atoms with Gasteiger partial charge in [0.2, 0.25) is 17.6 Å². The number of carbonyl (C=O) groups excluding carboxylic acids is 3. The Hall–Kier alpha value is -2.92. The van der Waals surface area contributed by atoms with Crippen LogP contribution in [0.4, 0.5) is 11.4 Å². The molecule has 2 aliphatic heterocycles. The number of carbonyl (C=O) groups is 3. The zero-order valence-electron chi connectivity index (χ0n) is 21.0. The summed E-state index contributed by atoms with van der Waals surface area (Å²) in [6.45, 7) is 8.30. The minimum absolute atomic E-state index is 0.000817. The molecule has 9 nitrogen and oxygen atoms in total. The van der Waals surface area contributed by atoms with E-state index in [9.17, 15) is 22.8 Å². The van der Waals surface area contributed by atoms with Crippen LogP contribution < -0.4 is 15.5 Å². The first-order chi connectivity index (χ1) is 16.8. The highest BCUT2D eigenvalue weighted by Crippen LogP contribution is 2.40. The fourth-order valence-corrected chi connectivity index (χ4v) is 5.99. The van der Waals surface area contributed by atoms with E-state index in [0.717, 1.165) is 36.5 Å². The molecule has 1 saturated heterocycles. The highest BCUT2D eigenvalue weighted by atomic mass is 32.2. The van der Waals surface area contributed by atoms with Gasteiger partial charge in [-0.2, -0.15) is 11.8 Å². The van der Waals surface area contributed by atoms with E-state index in [1.807, 2.05) is 17.8 Å². The van der Waals surface area contributed by atoms with Crippen molar-refractivity contribution in [1.29, 1.82) is 0 Å². The van der Waals surface area contributed by atoms with Crippen LogP contribution >= 0.6 is 11.8 Å². The van der Waals surface area contributed by atoms with Crippen molar-refractivity contribution in [3.8, 4) is 0 Å². The summed E-state index contributed by atoms with van der Waals surface area (Å²) in [5.41, 5.74) is 0.465. The lowest BCUT2D eigenvalue weighted by Crippen LogP contribution is -2.36. The van der Waals surface area contributed by atoms with Gasteiger partial charge in [-0.05, 0) is 38.1 Å². The summed E-state index contributed by atoms with van der Waals surface area (Å²) < 4.78 is 25.5. The van der Waals surface area contributed by atoms with E-state index in [0.29, 0.717) is 0 Å². The third-order valence-electron chi connectivity index (χ3n) is 6.43. The monoisotopic (exact) mass is 530 g/mol. The van der Waals surface area contributed by atoms with Crippen molar-refractivity contribution in [3.63, 3.8) is 0 Å². The first-order valence-corrected chi connectivity index (χ1v) is 14.7. The molecular weight excluding hydrogens is 500 g/mol. The lowest BCUT2D eigenvalue weighted by molar-refractivity contribution is -0.127. The molecule has 11 heteroatoms. The number of nitrogens with zero attached hydrogens (tertiary/aromatic N) is 2. The molecule has 2 N–H and O–H groups in total. The number of hydrogen-bond acceptors (Lipinski definition) is 8. The third-order valence-corrected chi connectivity index (χ3v) is 8.50. The highest BCUT2D eigenvalue weighted by Gasteiger charge is 2.48. The number of rotatable bonds is 5. The Kier molecular flexibility index (Phi) is 6.91. The molecule has 1 fully saturated rings. The normalized spacial score (nSPS) is 21.0. The molecule has 2 amide bonds. The number of anilines is 1. The maximum atomic E-state index is 13.3. The van der Waals surface area contributed by atoms with Gasteiger partial charge < -0.3 is 15.5 Å². The van der Waals surface area contributed by atoms with E-state index in [1.165, 1.54) is 6.08 Å². The van der Waals surface area contributed by atoms with Crippen LogP contribution in [0.3, 0.4) is 0 Å². The Morgan fingerprint density at radius 1 is 1.19 bits per heavy atom. The third kappa shape index (κ3) is 4.86. The molecule has 0 saturated carbocycles. The molecule has 192 valence electrons. The summed E-state index contributed by atoms with van der Waals surface area (Å²) in [5, 5.41) is 5.37. The number of ketones is 1. The summed E-state index contributed by atoms with van der Waals surface area (Å²) in [7, 11) is -3.66. The van der Waals surface area contributed by atoms with Gasteiger partial charge in [-0.15, -0.1) is 0 Å². The summed E-state index contributed by atoms with van der Waals surface area (Å²) in [5.74, 6) is 0.364. The fraction of sp³-hybridized carbons (Fsp3) is 0.440. The predicted molar refractivity (Wildman–Crippen MR) is 141 cm³/mol. The number of sulfone groups is 1. The van der Waals surface area contributed by atoms with Crippen molar-refractivity contribution in [2.24, 2.45) is 16.3 Å². The van der Waals surface area contributed by atoms with E-state index in [1.54, 1.807) is 39.8 Å². The van der Waals surface area contributed by atoms with Gasteiger partial charge in [-0.1, -0.05) is 13.8 Å². The van der Waals surface area contributed by atoms with E-state index < -0.39 is 21.0 Å². The number of allylic oxidation sites excluding steroid dienone is 2. The molecule has 4 rings (SSSR count). The molecule has 0 aromatic heterocycles. The summed E-state index contributed by atoms with van der Waals surface area (Å²) >= 11 is 1.86. The second-order valence-corrected chi connectivity index (χ2v) is 13.1. The van der Waals surface area contributed by atoms with Crippen LogP contribution in [0.5, 0.6) is 0 Å². The van der Waals surface area contributed by atoms with Crippen molar-refractivity contribution in [3.05, 3.63) is 41.2 Å². The minimum Gasteiger partial charge on any atom is -0.370 e. The predicted octanol–water partition coefficient (Wildman–Crippen LogP) is 2.36. The Morgan fingerprint density at radius 2 is 1.86 bits per heavy atom. The first kappa shape index (κ1) is 26.2. The van der Waals surface area contributed by atoms with E-state index in [4.69, 9.17) is 0 Å². The quantitative estimate of drug-likeness (QED) is 0.560. The number of aliphatic imine (C=N–C) groups is 1. The van der Waals surface area contributed by atoms with Crippen LogP contribution in [-0.2, 0) is 24.2 Å². The van der Waals surface area contributed by atoms with Crippen molar-refractivity contribution < 1.29 is 22.8 Å². The molecule has 1 aromatic rings. The van der Waals surface area contributed by atoms with Gasteiger partial charge in [-0.3, -0.25) is 14.4 Å². The van der Waals surface area contributed by atoms with E-state index in [-0.39, 0.29) is 51.0 Å². The lowest BCUT2D eigenvalue weighted by atomic mass is 9.79. The van der Waals surface area contributed by atoms with Crippen LogP contribution in [0.1, 0.15) is 27.7 Å². The molecule has 2 heterocycles. The van der Waals surface area contributed by atoms with Crippen LogP contribution in [0.2, 0.25) is 0 Å². The van der Waals surface area contributed by atoms with Gasteiger partial charge in [0.05, 0.1) is 33.1 Å². The molecule has 1 aromatic carbocycles. The Morgan fingerprint density at radius 3 is 2.47 bits per heavy atom. The molecule has 1 aliphatic carbocycles. The molecule has 3 aliphatic rings. The zero-order valence-corrected chi connectivity index (χ0v) is 22.6. The number of Topliss-reactive ketones (excluding diaryl/α,β-unsaturated/α-hetero) is 1. The first-order valence-electron chi connectivity index (χ1n) is 11.7. The molecule has 0 spiro atoms. The summed E-state index contributed by atoms with van der Waals surface area (Å²) in [6.07, 6.45) is 2.52. The number of nitrogens with one attached hydrogen (secondary N) is 2. The van der Waals surface area contributed by atoms with Gasteiger partial charge in [0.25, 0.3) is 0 Å². The maximum absolute atomic E-state index is 13.3. The number of thioether (sulfide) groups is 1. The average molecular weight is 531 g/mol. The Labute approximate surface area is 215 Å². The fourth-order valence-electron chi connectivity index (χ4n) is 4.26. The van der Waals surface area contributed by atoms with Gasteiger partial charge in [0, 0.05) is 48.0 Å². The molecular formula is C25H30N4O5S2. The van der Waals surface area contributed by atoms with Crippen LogP contribution in [0.25, 0.3) is 0 Å². The molecule has 0 atom stereocenters. The summed E-state index contributed by atoms with van der Waals surface area (Å²) in [4.78, 5) is 45.2. The van der Waals surface area contributed by atoms with Crippen molar-refractivity contribution in [2.75, 3.05) is 35.8 Å².